The minimum absolute atomic E-state index is 0.0291. The average Bonchev–Trinajstić information content (AvgIpc) is 3.14. The first-order valence-corrected chi connectivity index (χ1v) is 13.1. The van der Waals surface area contributed by atoms with Crippen LogP contribution in [0.1, 0.15) is 75.8 Å². The molecule has 39 heavy (non-hydrogen) atoms. The highest BCUT2D eigenvalue weighted by molar-refractivity contribution is 5.93. The summed E-state index contributed by atoms with van der Waals surface area (Å²) in [7, 11) is 0. The second kappa shape index (κ2) is 9.35. The highest BCUT2D eigenvalue weighted by Gasteiger charge is 2.79. The summed E-state index contributed by atoms with van der Waals surface area (Å²) in [6.07, 6.45) is -1.66. The Balaban J connectivity index is 1.62. The molecule has 2 fully saturated rings. The molecule has 4 aliphatic carbocycles. The first-order valence-electron chi connectivity index (χ1n) is 13.1. The van der Waals surface area contributed by atoms with Gasteiger partial charge in [0.05, 0.1) is 6.21 Å². The highest BCUT2D eigenvalue weighted by atomic mass is 19.4. The number of carbonyl (C=O) groups excluding carboxylic acids is 2. The van der Waals surface area contributed by atoms with Gasteiger partial charge in [-0.1, -0.05) is 41.9 Å². The number of carbonyl (C=O) groups is 2. The lowest BCUT2D eigenvalue weighted by Crippen LogP contribution is -2.65. The Kier molecular flexibility index (Phi) is 6.64. The predicted molar refractivity (Wildman–Crippen MR) is 132 cm³/mol. The normalized spacial score (nSPS) is 33.0. The summed E-state index contributed by atoms with van der Waals surface area (Å²) in [4.78, 5) is 27.7. The zero-order valence-corrected chi connectivity index (χ0v) is 21.7. The van der Waals surface area contributed by atoms with Gasteiger partial charge < -0.3 is 9.94 Å². The number of nitrogens with zero attached hydrogens (tertiary/aromatic N) is 1. The molecule has 0 saturated heterocycles. The number of ketones is 1. The monoisotopic (exact) mass is 551 g/mol. The fraction of sp³-hybridized carbons (Fsp3) is 0.552. The number of hydrogen-bond acceptors (Lipinski definition) is 5. The van der Waals surface area contributed by atoms with Crippen LogP contribution in [0.15, 0.2) is 52.2 Å². The van der Waals surface area contributed by atoms with Gasteiger partial charge in [0.25, 0.3) is 0 Å². The molecule has 5 rings (SSSR count). The first-order chi connectivity index (χ1) is 18.2. The maximum Gasteiger partial charge on any atom is 0.456 e. The molecule has 2 saturated carbocycles. The van der Waals surface area contributed by atoms with E-state index >= 15 is 8.78 Å². The van der Waals surface area contributed by atoms with E-state index in [1.807, 2.05) is 0 Å². The van der Waals surface area contributed by atoms with Crippen LogP contribution in [0.5, 0.6) is 0 Å². The Bertz CT molecular complexity index is 1280. The number of aliphatic hydroxyl groups is 1. The van der Waals surface area contributed by atoms with E-state index < -0.39 is 47.3 Å². The molecule has 5 nitrogen and oxygen atoms in total. The summed E-state index contributed by atoms with van der Waals surface area (Å²) in [5.41, 5.74) is -0.693. The Morgan fingerprint density at radius 1 is 1.10 bits per heavy atom. The number of fused-ring (bicyclic) bond motifs is 4. The SMILES string of the molecule is CC(=O)O/N=C/c1ccc([C@H]2C[C@@]3(C)C(CC[C@@]3(O)C(F)(F)C(F)(F)F)C3CCC4=CC(=O)CCC4=C32)cc1. The molecule has 4 aliphatic rings. The third kappa shape index (κ3) is 4.26. The summed E-state index contributed by atoms with van der Waals surface area (Å²) in [6.45, 7) is 2.61. The van der Waals surface area contributed by atoms with Crippen LogP contribution >= 0.6 is 0 Å². The van der Waals surface area contributed by atoms with Crippen molar-refractivity contribution in [3.05, 3.63) is 58.2 Å². The topological polar surface area (TPSA) is 76.0 Å². The molecule has 0 heterocycles. The zero-order valence-electron chi connectivity index (χ0n) is 21.7. The second-order valence-electron chi connectivity index (χ2n) is 11.5. The van der Waals surface area contributed by atoms with E-state index in [2.05, 4.69) is 9.99 Å². The third-order valence-electron chi connectivity index (χ3n) is 9.48. The van der Waals surface area contributed by atoms with Crippen LogP contribution in [0.3, 0.4) is 0 Å². The van der Waals surface area contributed by atoms with Gasteiger partial charge in [-0.15, -0.1) is 0 Å². The molecule has 1 aromatic carbocycles. The number of alkyl halides is 5. The molecule has 2 unspecified atom stereocenters. The second-order valence-corrected chi connectivity index (χ2v) is 11.5. The minimum atomic E-state index is -5.89. The van der Waals surface area contributed by atoms with Crippen LogP contribution in [0.25, 0.3) is 0 Å². The maximum atomic E-state index is 15.0. The molecule has 0 aliphatic heterocycles. The third-order valence-corrected chi connectivity index (χ3v) is 9.48. The summed E-state index contributed by atoms with van der Waals surface area (Å²) < 4.78 is 71.1. The van der Waals surface area contributed by atoms with Crippen molar-refractivity contribution in [1.29, 1.82) is 0 Å². The van der Waals surface area contributed by atoms with E-state index in [1.165, 1.54) is 20.1 Å². The number of benzene rings is 1. The van der Waals surface area contributed by atoms with Crippen molar-refractivity contribution >= 4 is 18.0 Å². The average molecular weight is 552 g/mol. The van der Waals surface area contributed by atoms with Gasteiger partial charge in [0, 0.05) is 24.7 Å². The van der Waals surface area contributed by atoms with Gasteiger partial charge in [-0.2, -0.15) is 22.0 Å². The molecule has 10 heteroatoms. The number of oxime groups is 1. The lowest BCUT2D eigenvalue weighted by Gasteiger charge is -2.56. The van der Waals surface area contributed by atoms with Crippen molar-refractivity contribution < 1.29 is 41.5 Å². The molecule has 0 amide bonds. The molecule has 1 N–H and O–H groups in total. The van der Waals surface area contributed by atoms with Gasteiger partial charge in [0.15, 0.2) is 5.78 Å². The zero-order chi connectivity index (χ0) is 28.4. The van der Waals surface area contributed by atoms with Gasteiger partial charge in [0.1, 0.15) is 5.60 Å². The number of hydrogen-bond donors (Lipinski definition) is 1. The molecule has 5 atom stereocenters. The molecule has 0 radical (unpaired) electrons. The maximum absolute atomic E-state index is 15.0. The van der Waals surface area contributed by atoms with Gasteiger partial charge in [-0.3, -0.25) is 4.79 Å². The van der Waals surface area contributed by atoms with E-state index in [4.69, 9.17) is 0 Å². The fourth-order valence-electron chi connectivity index (χ4n) is 7.69. The smallest absolute Gasteiger partial charge is 0.383 e. The Morgan fingerprint density at radius 2 is 1.79 bits per heavy atom. The van der Waals surface area contributed by atoms with E-state index in [9.17, 15) is 27.9 Å². The number of halogens is 5. The molecule has 0 aromatic heterocycles. The molecule has 1 aromatic rings. The van der Waals surface area contributed by atoms with Crippen LogP contribution in [0.2, 0.25) is 0 Å². The fourth-order valence-corrected chi connectivity index (χ4v) is 7.69. The standard InChI is InChI=1S/C29H30F5NO4/c1-16(36)39-35-15-17-3-5-18(6-4-17)23-14-26(2)24(11-12-27(26,38)28(30,31)29(32,33)34)22-9-7-19-13-20(37)8-10-21(19)25(22)23/h3-6,13,15,22-24,38H,7-12,14H2,1-2H3/b35-15+/t22?,23-,24?,26+,27+/m1/s1. The summed E-state index contributed by atoms with van der Waals surface area (Å²) in [6, 6.07) is 6.92. The van der Waals surface area contributed by atoms with E-state index in [0.29, 0.717) is 31.2 Å². The van der Waals surface area contributed by atoms with E-state index in [1.54, 1.807) is 30.3 Å². The molecular weight excluding hydrogens is 521 g/mol. The summed E-state index contributed by atoms with van der Waals surface area (Å²) >= 11 is 0. The highest BCUT2D eigenvalue weighted by Crippen LogP contribution is 2.70. The van der Waals surface area contributed by atoms with Crippen molar-refractivity contribution in [1.82, 2.24) is 0 Å². The van der Waals surface area contributed by atoms with Crippen LogP contribution in [-0.2, 0) is 14.4 Å². The van der Waals surface area contributed by atoms with Crippen molar-refractivity contribution in [2.75, 3.05) is 0 Å². The van der Waals surface area contributed by atoms with Crippen LogP contribution in [-0.4, -0.2) is 40.8 Å². The quantitative estimate of drug-likeness (QED) is 0.203. The van der Waals surface area contributed by atoms with E-state index in [-0.39, 0.29) is 24.5 Å². The van der Waals surface area contributed by atoms with Crippen LogP contribution in [0, 0.1) is 17.3 Å². The molecule has 0 bridgehead atoms. The van der Waals surface area contributed by atoms with Crippen molar-refractivity contribution in [3.63, 3.8) is 0 Å². The molecule has 0 spiro atoms. The summed E-state index contributed by atoms with van der Waals surface area (Å²) in [5, 5.41) is 14.9. The Morgan fingerprint density at radius 3 is 2.44 bits per heavy atom. The van der Waals surface area contributed by atoms with Gasteiger partial charge in [0.2, 0.25) is 0 Å². The minimum Gasteiger partial charge on any atom is -0.383 e. The van der Waals surface area contributed by atoms with E-state index in [0.717, 1.165) is 22.3 Å². The van der Waals surface area contributed by atoms with Gasteiger partial charge in [-0.05, 0) is 78.7 Å². The summed E-state index contributed by atoms with van der Waals surface area (Å²) in [5.74, 6) is -7.18. The molecule has 210 valence electrons. The largest absolute Gasteiger partial charge is 0.456 e. The Labute approximate surface area is 222 Å². The van der Waals surface area contributed by atoms with Gasteiger partial charge in [-0.25, -0.2) is 4.79 Å². The van der Waals surface area contributed by atoms with Crippen molar-refractivity contribution in [3.8, 4) is 0 Å². The lowest BCUT2D eigenvalue weighted by molar-refractivity contribution is -0.362. The van der Waals surface area contributed by atoms with Crippen molar-refractivity contribution in [2.24, 2.45) is 22.4 Å². The Hall–Kier alpha value is -2.88. The molecular formula is C29H30F5NO4. The number of rotatable bonds is 4. The first kappa shape index (κ1) is 27.7. The van der Waals surface area contributed by atoms with Crippen molar-refractivity contribution in [2.45, 2.75) is 82.4 Å². The van der Waals surface area contributed by atoms with Crippen LogP contribution < -0.4 is 0 Å². The number of allylic oxidation sites excluding steroid dienone is 4. The van der Waals surface area contributed by atoms with Gasteiger partial charge >= 0.3 is 18.1 Å². The predicted octanol–water partition coefficient (Wildman–Crippen LogP) is 6.41. The lowest BCUT2D eigenvalue weighted by atomic mass is 9.50. The van der Waals surface area contributed by atoms with Crippen LogP contribution in [0.4, 0.5) is 22.0 Å².